The summed E-state index contributed by atoms with van der Waals surface area (Å²) in [7, 11) is 0. The van der Waals surface area contributed by atoms with Crippen LogP contribution in [0.2, 0.25) is 0 Å². The Bertz CT molecular complexity index is 318. The van der Waals surface area contributed by atoms with Gasteiger partial charge in [-0.25, -0.2) is 0 Å². The van der Waals surface area contributed by atoms with Crippen LogP contribution >= 0.6 is 0 Å². The lowest BCUT2D eigenvalue weighted by molar-refractivity contribution is 0.0547. The van der Waals surface area contributed by atoms with E-state index in [1.54, 1.807) is 0 Å². The Balaban J connectivity index is 0.000000227. The monoisotopic (exact) mass is 328 g/mol. The maximum atomic E-state index is 8.09. The van der Waals surface area contributed by atoms with Gasteiger partial charge in [0, 0.05) is 26.4 Å². The van der Waals surface area contributed by atoms with E-state index in [4.69, 9.17) is 24.4 Å². The number of hydrogen-bond acceptors (Lipinski definition) is 5. The fraction of sp³-hybridized carbons (Fsp3) is 1.00. The summed E-state index contributed by atoms with van der Waals surface area (Å²) in [6.07, 6.45) is 11.5. The van der Waals surface area contributed by atoms with E-state index in [1.807, 2.05) is 0 Å². The van der Waals surface area contributed by atoms with Gasteiger partial charge < -0.3 is 24.4 Å². The second-order valence-corrected chi connectivity index (χ2v) is 7.48. The van der Waals surface area contributed by atoms with Crippen LogP contribution < -0.4 is 0 Å². The van der Waals surface area contributed by atoms with Crippen LogP contribution in [0.15, 0.2) is 0 Å². The Labute approximate surface area is 139 Å². The van der Waals surface area contributed by atoms with Crippen LogP contribution in [0.1, 0.15) is 51.4 Å². The van der Waals surface area contributed by atoms with Crippen LogP contribution in [-0.4, -0.2) is 61.1 Å². The molecule has 6 unspecified atom stereocenters. The van der Waals surface area contributed by atoms with E-state index in [9.17, 15) is 0 Å². The van der Waals surface area contributed by atoms with Gasteiger partial charge in [-0.15, -0.1) is 0 Å². The third kappa shape index (κ3) is 5.68. The average molecular weight is 328 g/mol. The van der Waals surface area contributed by atoms with E-state index in [2.05, 4.69) is 0 Å². The minimum atomic E-state index is 0.195. The minimum absolute atomic E-state index is 0.195. The first kappa shape index (κ1) is 17.6. The summed E-state index contributed by atoms with van der Waals surface area (Å²) in [5, 5.41) is 16.2. The van der Waals surface area contributed by atoms with Crippen molar-refractivity contribution in [2.45, 2.75) is 75.8 Å². The van der Waals surface area contributed by atoms with Gasteiger partial charge >= 0.3 is 0 Å². The van der Waals surface area contributed by atoms with Crippen molar-refractivity contribution in [3.8, 4) is 0 Å². The largest absolute Gasteiger partial charge is 0.396 e. The molecule has 2 heterocycles. The topological polar surface area (TPSA) is 74.8 Å². The molecule has 0 bridgehead atoms. The van der Waals surface area contributed by atoms with Gasteiger partial charge in [-0.3, -0.25) is 0 Å². The number of rotatable bonds is 7. The lowest BCUT2D eigenvalue weighted by Crippen LogP contribution is -2.22. The molecule has 0 aromatic carbocycles. The number of hydrogen-bond donors (Lipinski definition) is 2. The standard InChI is InChI=1S/C14H22O3.C4H10O2/c1-3-11-13(16-11)5-9(1)7-15-8-10-2-4-12-14(6-10)17-12;5-3-1-2-4-6/h9-14H,1-8H2;5-6H,1-4H2. The molecular formula is C18H32O5. The smallest absolute Gasteiger partial charge is 0.0845 e. The molecule has 5 nitrogen and oxygen atoms in total. The van der Waals surface area contributed by atoms with Crippen molar-refractivity contribution in [1.82, 2.24) is 0 Å². The van der Waals surface area contributed by atoms with Gasteiger partial charge in [-0.1, -0.05) is 0 Å². The second-order valence-electron chi connectivity index (χ2n) is 7.48. The van der Waals surface area contributed by atoms with Gasteiger partial charge in [-0.2, -0.15) is 0 Å². The quantitative estimate of drug-likeness (QED) is 0.551. The molecule has 4 rings (SSSR count). The maximum absolute atomic E-state index is 8.09. The van der Waals surface area contributed by atoms with Gasteiger partial charge in [0.1, 0.15) is 0 Å². The third-order valence-electron chi connectivity index (χ3n) is 5.50. The molecule has 0 aromatic heterocycles. The number of aliphatic hydroxyl groups is 2. The van der Waals surface area contributed by atoms with E-state index < -0.39 is 0 Å². The van der Waals surface area contributed by atoms with Crippen LogP contribution in [0.5, 0.6) is 0 Å². The zero-order valence-electron chi connectivity index (χ0n) is 14.1. The summed E-state index contributed by atoms with van der Waals surface area (Å²) >= 11 is 0. The molecule has 2 aliphatic heterocycles. The first-order valence-electron chi connectivity index (χ1n) is 9.40. The molecule has 2 aliphatic carbocycles. The molecule has 134 valence electrons. The Morgan fingerprint density at radius 2 is 1.17 bits per heavy atom. The van der Waals surface area contributed by atoms with Crippen LogP contribution in [0.4, 0.5) is 0 Å². The average Bonchev–Trinajstić information content (AvgIpc) is 3.46. The maximum Gasteiger partial charge on any atom is 0.0845 e. The lowest BCUT2D eigenvalue weighted by atomic mass is 9.89. The second kappa shape index (κ2) is 8.77. The third-order valence-corrected chi connectivity index (χ3v) is 5.50. The van der Waals surface area contributed by atoms with Crippen molar-refractivity contribution in [1.29, 1.82) is 0 Å². The highest BCUT2D eigenvalue weighted by molar-refractivity contribution is 4.93. The van der Waals surface area contributed by atoms with Crippen LogP contribution in [0, 0.1) is 11.8 Å². The highest BCUT2D eigenvalue weighted by atomic mass is 16.6. The van der Waals surface area contributed by atoms with Crippen LogP contribution in [0.3, 0.4) is 0 Å². The van der Waals surface area contributed by atoms with E-state index in [-0.39, 0.29) is 13.2 Å². The number of epoxide rings is 2. The molecule has 4 aliphatic rings. The van der Waals surface area contributed by atoms with Crippen molar-refractivity contribution in [2.24, 2.45) is 11.8 Å². The normalized spacial score (nSPS) is 40.4. The van der Waals surface area contributed by atoms with E-state index in [0.717, 1.165) is 37.9 Å². The summed E-state index contributed by atoms with van der Waals surface area (Å²) in [4.78, 5) is 0. The zero-order valence-corrected chi connectivity index (χ0v) is 14.1. The minimum Gasteiger partial charge on any atom is -0.396 e. The molecular weight excluding hydrogens is 296 g/mol. The van der Waals surface area contributed by atoms with Crippen LogP contribution in [0.25, 0.3) is 0 Å². The van der Waals surface area contributed by atoms with Gasteiger partial charge in [0.15, 0.2) is 0 Å². The van der Waals surface area contributed by atoms with E-state index in [0.29, 0.717) is 24.4 Å². The molecule has 0 amide bonds. The molecule has 5 heteroatoms. The van der Waals surface area contributed by atoms with E-state index >= 15 is 0 Å². The van der Waals surface area contributed by atoms with Gasteiger partial charge in [0.05, 0.1) is 24.4 Å². The molecule has 2 saturated carbocycles. The van der Waals surface area contributed by atoms with Crippen molar-refractivity contribution in [2.75, 3.05) is 26.4 Å². The summed E-state index contributed by atoms with van der Waals surface area (Å²) in [5.74, 6) is 1.51. The first-order valence-corrected chi connectivity index (χ1v) is 9.40. The number of fused-ring (bicyclic) bond motifs is 2. The first-order chi connectivity index (χ1) is 11.3. The molecule has 0 aromatic rings. The van der Waals surface area contributed by atoms with Crippen molar-refractivity contribution in [3.63, 3.8) is 0 Å². The molecule has 2 N–H and O–H groups in total. The van der Waals surface area contributed by atoms with Gasteiger partial charge in [-0.05, 0) is 63.2 Å². The van der Waals surface area contributed by atoms with Gasteiger partial charge in [0.25, 0.3) is 0 Å². The SMILES string of the molecule is C1CC2OC2CC1COCC1CCC2OC2C1.OCCCCO. The zero-order chi connectivity index (χ0) is 16.1. The number of unbranched alkanes of at least 4 members (excludes halogenated alkanes) is 1. The highest BCUT2D eigenvalue weighted by Gasteiger charge is 2.45. The summed E-state index contributed by atoms with van der Waals surface area (Å²) in [5.41, 5.74) is 0. The number of aliphatic hydroxyl groups excluding tert-OH is 2. The molecule has 23 heavy (non-hydrogen) atoms. The lowest BCUT2D eigenvalue weighted by Gasteiger charge is -2.22. The predicted molar refractivity (Wildman–Crippen MR) is 86.2 cm³/mol. The van der Waals surface area contributed by atoms with Crippen molar-refractivity contribution in [3.05, 3.63) is 0 Å². The van der Waals surface area contributed by atoms with Gasteiger partial charge in [0.2, 0.25) is 0 Å². The molecule has 2 saturated heterocycles. The summed E-state index contributed by atoms with van der Waals surface area (Å²) < 4.78 is 17.0. The number of ether oxygens (including phenoxy) is 3. The van der Waals surface area contributed by atoms with Crippen LogP contribution in [-0.2, 0) is 14.2 Å². The van der Waals surface area contributed by atoms with Crippen molar-refractivity contribution < 1.29 is 24.4 Å². The summed E-state index contributed by atoms with van der Waals surface area (Å²) in [6.45, 7) is 2.30. The Hall–Kier alpha value is -0.200. The summed E-state index contributed by atoms with van der Waals surface area (Å²) in [6, 6.07) is 0. The van der Waals surface area contributed by atoms with E-state index in [1.165, 1.54) is 38.5 Å². The molecule has 0 radical (unpaired) electrons. The Kier molecular flexibility index (Phi) is 6.72. The fourth-order valence-electron chi connectivity index (χ4n) is 3.90. The fourth-order valence-corrected chi connectivity index (χ4v) is 3.90. The molecule has 4 fully saturated rings. The molecule has 6 atom stereocenters. The Morgan fingerprint density at radius 1 is 0.696 bits per heavy atom. The van der Waals surface area contributed by atoms with Crippen molar-refractivity contribution >= 4 is 0 Å². The highest BCUT2D eigenvalue weighted by Crippen LogP contribution is 2.41. The molecule has 0 spiro atoms. The predicted octanol–water partition coefficient (Wildman–Crippen LogP) is 1.89. The Morgan fingerprint density at radius 3 is 1.57 bits per heavy atom.